The molecule has 0 bridgehead atoms. The fourth-order valence-corrected chi connectivity index (χ4v) is 7.37. The molecule has 53 heavy (non-hydrogen) atoms. The summed E-state index contributed by atoms with van der Waals surface area (Å²) in [6.45, 7) is 6.46. The van der Waals surface area contributed by atoms with Crippen LogP contribution in [0.3, 0.4) is 0 Å². The lowest BCUT2D eigenvalue weighted by atomic mass is 9.87. The molecule has 4 fully saturated rings. The summed E-state index contributed by atoms with van der Waals surface area (Å²) in [6, 6.07) is 0. The third-order valence-electron chi connectivity index (χ3n) is 10.1. The Balaban J connectivity index is 1.49. The number of aliphatic hydroxyl groups is 7. The van der Waals surface area contributed by atoms with E-state index >= 15 is 0 Å². The van der Waals surface area contributed by atoms with E-state index in [9.17, 15) is 48.7 Å². The van der Waals surface area contributed by atoms with Crippen molar-refractivity contribution in [2.45, 2.75) is 139 Å². The van der Waals surface area contributed by atoms with Gasteiger partial charge in [-0.1, -0.05) is 6.92 Å². The summed E-state index contributed by atoms with van der Waals surface area (Å²) in [5, 5.41) is 75.0. The first-order valence-electron chi connectivity index (χ1n) is 17.1. The molecule has 0 spiro atoms. The summed E-state index contributed by atoms with van der Waals surface area (Å²) in [7, 11) is 0. The van der Waals surface area contributed by atoms with E-state index in [-0.39, 0.29) is 0 Å². The Morgan fingerprint density at radius 2 is 0.849 bits per heavy atom. The number of aliphatic hydroxyl groups excluding tert-OH is 7. The SMILES string of the molecule is CC[C@@H]1C(O)[C@H](OC[C@@H]2C(O)[C@H](OC[C@@H]3C(O)[C@H](OC[C@@H]4C(O)C(O)OC(C)[C@H]4O)OC(C)[C@H]3OOS(=O)O)OC(C)[C@H]2OOS(=O)O)OC(C)[C@H]1O. The highest BCUT2D eigenvalue weighted by molar-refractivity contribution is 7.74. The lowest BCUT2D eigenvalue weighted by Crippen LogP contribution is -2.60. The van der Waals surface area contributed by atoms with Crippen LogP contribution < -0.4 is 0 Å². The number of ether oxygens (including phenoxy) is 7. The van der Waals surface area contributed by atoms with E-state index < -0.39 is 165 Å². The summed E-state index contributed by atoms with van der Waals surface area (Å²) >= 11 is -5.77. The zero-order valence-corrected chi connectivity index (χ0v) is 31.2. The number of hydrogen-bond donors (Lipinski definition) is 9. The molecule has 4 aliphatic rings. The highest BCUT2D eigenvalue weighted by atomic mass is 32.2. The van der Waals surface area contributed by atoms with Gasteiger partial charge in [-0.3, -0.25) is 9.11 Å². The highest BCUT2D eigenvalue weighted by Gasteiger charge is 2.51. The van der Waals surface area contributed by atoms with Crippen molar-refractivity contribution < 1.29 is 105 Å². The molecule has 0 radical (unpaired) electrons. The Morgan fingerprint density at radius 3 is 1.26 bits per heavy atom. The van der Waals surface area contributed by atoms with Gasteiger partial charge in [-0.05, 0) is 34.1 Å². The van der Waals surface area contributed by atoms with Crippen LogP contribution in [0.25, 0.3) is 0 Å². The van der Waals surface area contributed by atoms with Crippen LogP contribution in [0.5, 0.6) is 0 Å². The molecule has 0 aliphatic carbocycles. The maximum Gasteiger partial charge on any atom is 0.331 e. The van der Waals surface area contributed by atoms with Gasteiger partial charge in [-0.2, -0.15) is 8.42 Å². The van der Waals surface area contributed by atoms with E-state index in [0.29, 0.717) is 6.42 Å². The first-order chi connectivity index (χ1) is 25.0. The molecule has 4 aliphatic heterocycles. The van der Waals surface area contributed by atoms with Crippen LogP contribution in [0.1, 0.15) is 41.0 Å². The Kier molecular flexibility index (Phi) is 17.3. The average Bonchev–Trinajstić information content (AvgIpc) is 3.09. The van der Waals surface area contributed by atoms with Crippen molar-refractivity contribution in [3.05, 3.63) is 0 Å². The average molecular weight is 817 g/mol. The van der Waals surface area contributed by atoms with Gasteiger partial charge in [0.25, 0.3) is 0 Å². The minimum Gasteiger partial charge on any atom is -0.390 e. The van der Waals surface area contributed by atoms with Crippen molar-refractivity contribution in [2.24, 2.45) is 23.7 Å². The molecule has 22 atom stereocenters. The molecule has 0 aromatic rings. The predicted molar refractivity (Wildman–Crippen MR) is 171 cm³/mol. The standard InChI is InChI=1S/C29H52O22S2/c1-6-14-18(30)11(3)45-27(21(14)33)42-8-16-23(35)29(47-13(5)25(16)49-51-53(39)40)43-9-17-22(34)28(46-12(4)24(17)48-50-52(37)38)41-7-15-19(31)10(2)44-26(36)20(15)32/h10-36H,6-9H2,1-5H3,(H,37,38)(H,39,40)/t10?,11?,12?,13?,14-,15-,16+,17+,18+,19+,20?,21?,22?,23?,24+,25+,26?,27+,28+,29+/m0/s1. The fraction of sp³-hybridized carbons (Fsp3) is 1.00. The molecule has 0 aromatic heterocycles. The van der Waals surface area contributed by atoms with Crippen LogP contribution >= 0.6 is 0 Å². The van der Waals surface area contributed by atoms with E-state index in [1.807, 2.05) is 0 Å². The molecule has 24 heteroatoms. The minimum atomic E-state index is -2.89. The lowest BCUT2D eigenvalue weighted by molar-refractivity contribution is -0.372. The van der Waals surface area contributed by atoms with Crippen LogP contribution in [-0.2, 0) is 74.3 Å². The second-order valence-corrected chi connectivity index (χ2v) is 14.7. The molecule has 9 N–H and O–H groups in total. The normalized spacial score (nSPS) is 48.0. The maximum absolute atomic E-state index is 11.5. The van der Waals surface area contributed by atoms with Crippen molar-refractivity contribution in [2.75, 3.05) is 19.8 Å². The Hall–Kier alpha value is -0.500. The van der Waals surface area contributed by atoms with Gasteiger partial charge in [-0.15, -0.1) is 8.67 Å². The molecule has 4 rings (SSSR count). The third-order valence-corrected chi connectivity index (χ3v) is 10.5. The van der Waals surface area contributed by atoms with E-state index in [1.165, 1.54) is 20.8 Å². The zero-order chi connectivity index (χ0) is 39.3. The van der Waals surface area contributed by atoms with Crippen molar-refractivity contribution in [3.63, 3.8) is 0 Å². The monoisotopic (exact) mass is 816 g/mol. The predicted octanol–water partition coefficient (Wildman–Crippen LogP) is -3.05. The van der Waals surface area contributed by atoms with Gasteiger partial charge < -0.3 is 68.9 Å². The topological polar surface area (TPSA) is 318 Å². The zero-order valence-electron chi connectivity index (χ0n) is 29.5. The van der Waals surface area contributed by atoms with Gasteiger partial charge in [0, 0.05) is 23.7 Å². The minimum absolute atomic E-state index is 0.402. The second-order valence-electron chi connectivity index (χ2n) is 13.6. The second kappa shape index (κ2) is 20.3. The molecule has 0 amide bonds. The quantitative estimate of drug-likeness (QED) is 0.0425. The summed E-state index contributed by atoms with van der Waals surface area (Å²) in [5.74, 6) is -3.97. The van der Waals surface area contributed by atoms with E-state index in [2.05, 4.69) is 8.67 Å². The van der Waals surface area contributed by atoms with Gasteiger partial charge in [0.1, 0.15) is 36.6 Å². The summed E-state index contributed by atoms with van der Waals surface area (Å²) in [4.78, 5) is 10.2. The Labute approximate surface area is 310 Å². The van der Waals surface area contributed by atoms with E-state index in [4.69, 9.17) is 47.5 Å². The van der Waals surface area contributed by atoms with Crippen molar-refractivity contribution in [1.29, 1.82) is 0 Å². The largest absolute Gasteiger partial charge is 0.390 e. The van der Waals surface area contributed by atoms with Crippen LogP contribution in [0, 0.1) is 23.7 Å². The molecule has 312 valence electrons. The summed E-state index contributed by atoms with van der Waals surface area (Å²) in [5.41, 5.74) is 0. The van der Waals surface area contributed by atoms with Gasteiger partial charge >= 0.3 is 22.7 Å². The van der Waals surface area contributed by atoms with Crippen LogP contribution in [0.15, 0.2) is 0 Å². The molecule has 0 aromatic carbocycles. The number of rotatable bonds is 16. The molecule has 0 saturated carbocycles. The smallest absolute Gasteiger partial charge is 0.331 e. The Bertz CT molecular complexity index is 1160. The molecule has 11 unspecified atom stereocenters. The number of hydrogen-bond acceptors (Lipinski definition) is 20. The van der Waals surface area contributed by atoms with E-state index in [0.717, 1.165) is 0 Å². The lowest BCUT2D eigenvalue weighted by Gasteiger charge is -2.46. The van der Waals surface area contributed by atoms with Gasteiger partial charge in [-0.25, -0.2) is 9.78 Å². The Morgan fingerprint density at radius 1 is 0.491 bits per heavy atom. The molecule has 4 heterocycles. The highest BCUT2D eigenvalue weighted by Crippen LogP contribution is 2.36. The van der Waals surface area contributed by atoms with Crippen molar-refractivity contribution >= 4 is 22.7 Å². The fourth-order valence-electron chi connectivity index (χ4n) is 7.05. The molecular formula is C29H52O22S2. The van der Waals surface area contributed by atoms with Crippen molar-refractivity contribution in [1.82, 2.24) is 0 Å². The van der Waals surface area contributed by atoms with Crippen LogP contribution in [0.2, 0.25) is 0 Å². The summed E-state index contributed by atoms with van der Waals surface area (Å²) in [6.07, 6.45) is -19.9. The van der Waals surface area contributed by atoms with E-state index in [1.54, 1.807) is 13.8 Å². The summed E-state index contributed by atoms with van der Waals surface area (Å²) < 4.78 is 89.5. The molecule has 22 nitrogen and oxygen atoms in total. The molecular weight excluding hydrogens is 764 g/mol. The van der Waals surface area contributed by atoms with Gasteiger partial charge in [0.2, 0.25) is 0 Å². The van der Waals surface area contributed by atoms with Gasteiger partial charge in [0.15, 0.2) is 25.2 Å². The molecule has 4 saturated heterocycles. The van der Waals surface area contributed by atoms with Crippen LogP contribution in [0.4, 0.5) is 0 Å². The van der Waals surface area contributed by atoms with Crippen molar-refractivity contribution in [3.8, 4) is 0 Å². The third kappa shape index (κ3) is 11.1. The maximum atomic E-state index is 11.5. The first kappa shape index (κ1) is 45.2. The van der Waals surface area contributed by atoms with Crippen LogP contribution in [-0.4, -0.2) is 171 Å². The first-order valence-corrected chi connectivity index (χ1v) is 19.1. The van der Waals surface area contributed by atoms with Gasteiger partial charge in [0.05, 0.1) is 56.4 Å².